The van der Waals surface area contributed by atoms with E-state index >= 15 is 0 Å². The zero-order valence-corrected chi connectivity index (χ0v) is 18.3. The molecule has 32 heavy (non-hydrogen) atoms. The Hall–Kier alpha value is -3.15. The lowest BCUT2D eigenvalue weighted by atomic mass is 9.84. The number of thioether (sulfide) groups is 1. The van der Waals surface area contributed by atoms with Gasteiger partial charge in [0.2, 0.25) is 15.9 Å². The van der Waals surface area contributed by atoms with Gasteiger partial charge in [0.15, 0.2) is 5.16 Å². The van der Waals surface area contributed by atoms with Gasteiger partial charge in [-0.05, 0) is 48.0 Å². The number of nitrogens with zero attached hydrogens (tertiary/aromatic N) is 2. The van der Waals surface area contributed by atoms with Gasteiger partial charge in [0.1, 0.15) is 12.1 Å². The molecule has 0 spiro atoms. The predicted molar refractivity (Wildman–Crippen MR) is 119 cm³/mol. The van der Waals surface area contributed by atoms with E-state index in [1.165, 1.54) is 24.2 Å². The third-order valence-corrected chi connectivity index (χ3v) is 7.86. The quantitative estimate of drug-likeness (QED) is 0.528. The summed E-state index contributed by atoms with van der Waals surface area (Å²) in [5.41, 5.74) is 2.05. The molecule has 1 amide bonds. The van der Waals surface area contributed by atoms with Crippen molar-refractivity contribution in [3.8, 4) is 0 Å². The summed E-state index contributed by atoms with van der Waals surface area (Å²) >= 11 is 1.17. The average molecular weight is 470 g/mol. The summed E-state index contributed by atoms with van der Waals surface area (Å²) < 4.78 is 29.3. The van der Waals surface area contributed by atoms with Crippen molar-refractivity contribution >= 4 is 33.4 Å². The summed E-state index contributed by atoms with van der Waals surface area (Å²) in [6.07, 6.45) is 11.1. The maximum Gasteiger partial charge on any atom is 0.241 e. The standard InChI is InChI=1S/C21H19N5O4S2/c27-19-8-5-12-9-13(6-7-16(12)24-19)32(29,30)26-17-10-18(31-21-22-11-23-25-21)20(28)15-4-2-1-3-14(15)17/h1-4,6-7,9-11,14,17,26,28H,5,8H2,(H,24,27)(H,22,23,25). The Labute approximate surface area is 188 Å². The number of hydrogen-bond donors (Lipinski definition) is 4. The number of amides is 1. The molecule has 2 aromatic rings. The minimum absolute atomic E-state index is 0.0772. The molecule has 1 aliphatic heterocycles. The summed E-state index contributed by atoms with van der Waals surface area (Å²) in [6, 6.07) is 4.07. The molecule has 0 saturated carbocycles. The number of hydrogen-bond acceptors (Lipinski definition) is 7. The summed E-state index contributed by atoms with van der Waals surface area (Å²) in [7, 11) is -3.87. The molecule has 2 heterocycles. The van der Waals surface area contributed by atoms with E-state index in [-0.39, 0.29) is 22.5 Å². The van der Waals surface area contributed by atoms with E-state index in [1.807, 2.05) is 12.2 Å². The SMILES string of the molecule is O=C1CCc2cc(S(=O)(=O)NC3C=C(Sc4ncn[nH]4)C(O)=C4C=CC=CC43)ccc2N1. The molecule has 2 aliphatic carbocycles. The second kappa shape index (κ2) is 8.08. The normalized spacial score (nSPS) is 22.2. The Morgan fingerprint density at radius 2 is 2.09 bits per heavy atom. The molecule has 1 aromatic carbocycles. The average Bonchev–Trinajstić information content (AvgIpc) is 3.29. The highest BCUT2D eigenvalue weighted by atomic mass is 32.2. The highest BCUT2D eigenvalue weighted by Crippen LogP contribution is 2.39. The monoisotopic (exact) mass is 469 g/mol. The van der Waals surface area contributed by atoms with Gasteiger partial charge in [0.05, 0.1) is 15.8 Å². The maximum atomic E-state index is 13.2. The van der Waals surface area contributed by atoms with Crippen molar-refractivity contribution in [2.45, 2.75) is 28.9 Å². The zero-order chi connectivity index (χ0) is 22.3. The number of aromatic nitrogens is 3. The van der Waals surface area contributed by atoms with Crippen LogP contribution in [0.2, 0.25) is 0 Å². The first-order valence-electron chi connectivity index (χ1n) is 9.89. The summed E-state index contributed by atoms with van der Waals surface area (Å²) in [6.45, 7) is 0. The second-order valence-electron chi connectivity index (χ2n) is 7.51. The first-order valence-corrected chi connectivity index (χ1v) is 12.2. The van der Waals surface area contributed by atoms with Crippen LogP contribution in [-0.4, -0.2) is 40.7 Å². The smallest absolute Gasteiger partial charge is 0.241 e. The van der Waals surface area contributed by atoms with Crippen LogP contribution < -0.4 is 10.0 Å². The van der Waals surface area contributed by atoms with E-state index in [0.29, 0.717) is 34.2 Å². The molecular weight excluding hydrogens is 450 g/mol. The van der Waals surface area contributed by atoms with Crippen LogP contribution in [-0.2, 0) is 21.2 Å². The van der Waals surface area contributed by atoms with Crippen LogP contribution in [0.3, 0.4) is 0 Å². The van der Waals surface area contributed by atoms with Crippen LogP contribution in [0, 0.1) is 5.92 Å². The Kier molecular flexibility index (Phi) is 5.24. The lowest BCUT2D eigenvalue weighted by Gasteiger charge is -2.31. The minimum atomic E-state index is -3.87. The predicted octanol–water partition coefficient (Wildman–Crippen LogP) is 2.58. The molecule has 0 radical (unpaired) electrons. The molecule has 0 bridgehead atoms. The number of anilines is 1. The Balaban J connectivity index is 1.46. The maximum absolute atomic E-state index is 13.2. The fraction of sp³-hybridized carbons (Fsp3) is 0.190. The molecular formula is C21H19N5O4S2. The summed E-state index contributed by atoms with van der Waals surface area (Å²) in [4.78, 5) is 16.2. The van der Waals surface area contributed by atoms with Crippen molar-refractivity contribution < 1.29 is 18.3 Å². The van der Waals surface area contributed by atoms with E-state index in [4.69, 9.17) is 0 Å². The van der Waals surface area contributed by atoms with Crippen molar-refractivity contribution in [1.29, 1.82) is 0 Å². The molecule has 0 saturated heterocycles. The van der Waals surface area contributed by atoms with Gasteiger partial charge in [0.25, 0.3) is 0 Å². The van der Waals surface area contributed by atoms with Crippen molar-refractivity contribution in [2.24, 2.45) is 5.92 Å². The second-order valence-corrected chi connectivity index (χ2v) is 10.3. The third-order valence-electron chi connectivity index (χ3n) is 5.46. The molecule has 4 N–H and O–H groups in total. The number of carbonyl (C=O) groups is 1. The Morgan fingerprint density at radius 1 is 1.22 bits per heavy atom. The fourth-order valence-electron chi connectivity index (χ4n) is 3.91. The number of benzene rings is 1. The van der Waals surface area contributed by atoms with E-state index in [0.717, 1.165) is 5.56 Å². The number of H-pyrrole nitrogens is 1. The molecule has 3 aliphatic rings. The molecule has 164 valence electrons. The van der Waals surface area contributed by atoms with Crippen LogP contribution in [0.1, 0.15) is 12.0 Å². The van der Waals surface area contributed by atoms with Gasteiger partial charge in [-0.25, -0.2) is 18.1 Å². The third kappa shape index (κ3) is 3.90. The first-order chi connectivity index (χ1) is 15.4. The van der Waals surface area contributed by atoms with Crippen molar-refractivity contribution in [3.63, 3.8) is 0 Å². The lowest BCUT2D eigenvalue weighted by molar-refractivity contribution is -0.116. The van der Waals surface area contributed by atoms with E-state index in [1.54, 1.807) is 30.4 Å². The Bertz CT molecular complexity index is 1310. The molecule has 11 heteroatoms. The van der Waals surface area contributed by atoms with Crippen LogP contribution >= 0.6 is 11.8 Å². The van der Waals surface area contributed by atoms with Gasteiger partial charge in [-0.1, -0.05) is 24.3 Å². The zero-order valence-electron chi connectivity index (χ0n) is 16.6. The number of aliphatic hydroxyl groups is 1. The van der Waals surface area contributed by atoms with Gasteiger partial charge < -0.3 is 10.4 Å². The molecule has 2 unspecified atom stereocenters. The minimum Gasteiger partial charge on any atom is -0.506 e. The lowest BCUT2D eigenvalue weighted by Crippen LogP contribution is -2.41. The highest BCUT2D eigenvalue weighted by Gasteiger charge is 2.34. The number of aromatic amines is 1. The number of aliphatic hydroxyl groups excluding tert-OH is 1. The number of allylic oxidation sites excluding steroid dienone is 3. The molecule has 2 atom stereocenters. The largest absolute Gasteiger partial charge is 0.506 e. The molecule has 5 rings (SSSR count). The number of carbonyl (C=O) groups excluding carboxylic acids is 1. The fourth-order valence-corrected chi connectivity index (χ4v) is 6.00. The van der Waals surface area contributed by atoms with Crippen molar-refractivity contribution in [3.05, 3.63) is 76.7 Å². The van der Waals surface area contributed by atoms with Crippen LogP contribution in [0.15, 0.2) is 81.2 Å². The number of fused-ring (bicyclic) bond motifs is 2. The van der Waals surface area contributed by atoms with E-state index < -0.39 is 16.1 Å². The number of sulfonamides is 1. The number of nitrogens with one attached hydrogen (secondary N) is 3. The summed E-state index contributed by atoms with van der Waals surface area (Å²) in [5.74, 6) is -0.352. The van der Waals surface area contributed by atoms with Crippen LogP contribution in [0.5, 0.6) is 0 Å². The topological polar surface area (TPSA) is 137 Å². The van der Waals surface area contributed by atoms with Gasteiger partial charge in [-0.2, -0.15) is 5.10 Å². The number of rotatable bonds is 5. The Morgan fingerprint density at radius 3 is 2.91 bits per heavy atom. The molecule has 0 fully saturated rings. The van der Waals surface area contributed by atoms with E-state index in [2.05, 4.69) is 25.2 Å². The van der Waals surface area contributed by atoms with Gasteiger partial charge in [-0.3, -0.25) is 9.89 Å². The summed E-state index contributed by atoms with van der Waals surface area (Å²) in [5, 5.41) is 20.6. The van der Waals surface area contributed by atoms with Crippen molar-refractivity contribution in [2.75, 3.05) is 5.32 Å². The highest BCUT2D eigenvalue weighted by molar-refractivity contribution is 8.03. The van der Waals surface area contributed by atoms with Crippen LogP contribution in [0.25, 0.3) is 0 Å². The molecule has 1 aromatic heterocycles. The molecule has 9 nitrogen and oxygen atoms in total. The van der Waals surface area contributed by atoms with E-state index in [9.17, 15) is 18.3 Å². The number of aryl methyl sites for hydroxylation is 1. The van der Waals surface area contributed by atoms with Gasteiger partial charge in [-0.15, -0.1) is 0 Å². The van der Waals surface area contributed by atoms with Gasteiger partial charge >= 0.3 is 0 Å². The van der Waals surface area contributed by atoms with Gasteiger partial charge in [0, 0.05) is 23.6 Å². The first kappa shape index (κ1) is 20.7. The van der Waals surface area contributed by atoms with Crippen LogP contribution in [0.4, 0.5) is 5.69 Å². The van der Waals surface area contributed by atoms with Crippen molar-refractivity contribution in [1.82, 2.24) is 19.9 Å².